The molecule has 0 aliphatic heterocycles. The highest BCUT2D eigenvalue weighted by Gasteiger charge is 2.37. The van der Waals surface area contributed by atoms with E-state index < -0.39 is 17.2 Å². The summed E-state index contributed by atoms with van der Waals surface area (Å²) >= 11 is 0. The minimum absolute atomic E-state index is 0.186. The van der Waals surface area contributed by atoms with Gasteiger partial charge in [0.25, 0.3) is 0 Å². The van der Waals surface area contributed by atoms with Crippen LogP contribution in [-0.4, -0.2) is 16.1 Å². The van der Waals surface area contributed by atoms with Gasteiger partial charge in [0.1, 0.15) is 5.82 Å². The number of halogens is 1. The third kappa shape index (κ3) is 2.62. The second-order valence-electron chi connectivity index (χ2n) is 4.66. The number of benzene rings is 1. The zero-order chi connectivity index (χ0) is 13.9. The van der Waals surface area contributed by atoms with Crippen molar-refractivity contribution < 1.29 is 14.3 Å². The van der Waals surface area contributed by atoms with Crippen LogP contribution in [0.4, 0.5) is 4.39 Å². The number of aliphatic carboxylic acids is 1. The van der Waals surface area contributed by atoms with Crippen LogP contribution in [-0.2, 0) is 16.6 Å². The average molecular weight is 259 g/mol. The standard InChI is InChI=1S/C15H14FNO2/c1-15(14(18)19,9-11-5-4-8-17-10-11)12-6-2-3-7-13(12)16/h2-8,10H,9H2,1H3,(H,18,19). The topological polar surface area (TPSA) is 50.2 Å². The molecule has 0 aliphatic rings. The van der Waals surface area contributed by atoms with Crippen molar-refractivity contribution in [2.45, 2.75) is 18.8 Å². The number of rotatable bonds is 4. The summed E-state index contributed by atoms with van der Waals surface area (Å²) in [4.78, 5) is 15.5. The molecular weight excluding hydrogens is 245 g/mol. The lowest BCUT2D eigenvalue weighted by atomic mass is 9.77. The first kappa shape index (κ1) is 13.2. The average Bonchev–Trinajstić information content (AvgIpc) is 2.40. The monoisotopic (exact) mass is 259 g/mol. The molecule has 0 bridgehead atoms. The van der Waals surface area contributed by atoms with Crippen LogP contribution in [0.3, 0.4) is 0 Å². The predicted octanol–water partition coefficient (Wildman–Crippen LogP) is 2.81. The van der Waals surface area contributed by atoms with Crippen molar-refractivity contribution in [2.75, 3.05) is 0 Å². The molecule has 2 aromatic rings. The lowest BCUT2D eigenvalue weighted by Gasteiger charge is -2.25. The summed E-state index contributed by atoms with van der Waals surface area (Å²) in [5.74, 6) is -1.56. The van der Waals surface area contributed by atoms with Crippen LogP contribution in [0.2, 0.25) is 0 Å². The second kappa shape index (κ2) is 5.18. The van der Waals surface area contributed by atoms with Crippen molar-refractivity contribution in [3.63, 3.8) is 0 Å². The molecule has 0 saturated heterocycles. The van der Waals surface area contributed by atoms with E-state index in [0.29, 0.717) is 0 Å². The summed E-state index contributed by atoms with van der Waals surface area (Å²) in [7, 11) is 0. The van der Waals surface area contributed by atoms with Gasteiger partial charge in [0.15, 0.2) is 0 Å². The number of carboxylic acid groups (broad SMARTS) is 1. The highest BCUT2D eigenvalue weighted by atomic mass is 19.1. The molecule has 0 amide bonds. The number of pyridine rings is 1. The molecule has 0 radical (unpaired) electrons. The van der Waals surface area contributed by atoms with Crippen LogP contribution in [0, 0.1) is 5.82 Å². The Balaban J connectivity index is 2.45. The second-order valence-corrected chi connectivity index (χ2v) is 4.66. The maximum absolute atomic E-state index is 13.9. The van der Waals surface area contributed by atoms with Gasteiger partial charge in [-0.25, -0.2) is 4.39 Å². The van der Waals surface area contributed by atoms with Crippen molar-refractivity contribution in [2.24, 2.45) is 0 Å². The lowest BCUT2D eigenvalue weighted by molar-refractivity contribution is -0.143. The van der Waals surface area contributed by atoms with Crippen molar-refractivity contribution in [1.82, 2.24) is 4.98 Å². The van der Waals surface area contributed by atoms with Crippen molar-refractivity contribution in [1.29, 1.82) is 0 Å². The molecule has 1 unspecified atom stereocenters. The van der Waals surface area contributed by atoms with Gasteiger partial charge < -0.3 is 5.11 Å². The summed E-state index contributed by atoms with van der Waals surface area (Å²) in [5, 5.41) is 9.48. The zero-order valence-corrected chi connectivity index (χ0v) is 10.5. The summed E-state index contributed by atoms with van der Waals surface area (Å²) in [6, 6.07) is 9.50. The molecule has 1 atom stereocenters. The Morgan fingerprint density at radius 1 is 1.32 bits per heavy atom. The Kier molecular flexibility index (Phi) is 3.60. The third-order valence-corrected chi connectivity index (χ3v) is 3.22. The van der Waals surface area contributed by atoms with Gasteiger partial charge in [0.05, 0.1) is 5.41 Å². The molecule has 3 nitrogen and oxygen atoms in total. The molecule has 0 aliphatic carbocycles. The Hall–Kier alpha value is -2.23. The number of carbonyl (C=O) groups is 1. The van der Waals surface area contributed by atoms with Gasteiger partial charge in [-0.2, -0.15) is 0 Å². The van der Waals surface area contributed by atoms with E-state index in [-0.39, 0.29) is 12.0 Å². The Labute approximate surface area is 110 Å². The molecule has 98 valence electrons. The van der Waals surface area contributed by atoms with Gasteiger partial charge in [-0.15, -0.1) is 0 Å². The van der Waals surface area contributed by atoms with Gasteiger partial charge >= 0.3 is 5.97 Å². The highest BCUT2D eigenvalue weighted by molar-refractivity contribution is 5.81. The molecule has 4 heteroatoms. The van der Waals surface area contributed by atoms with Gasteiger partial charge in [-0.05, 0) is 31.0 Å². The van der Waals surface area contributed by atoms with Gasteiger partial charge in [-0.1, -0.05) is 24.3 Å². The van der Waals surface area contributed by atoms with Gasteiger partial charge in [0, 0.05) is 18.0 Å². The molecule has 1 heterocycles. The minimum atomic E-state index is -1.31. The molecule has 2 rings (SSSR count). The molecular formula is C15H14FNO2. The van der Waals surface area contributed by atoms with E-state index in [2.05, 4.69) is 4.98 Å². The molecule has 0 fully saturated rings. The largest absolute Gasteiger partial charge is 0.481 e. The summed E-state index contributed by atoms with van der Waals surface area (Å²) in [6.45, 7) is 1.53. The Morgan fingerprint density at radius 3 is 2.63 bits per heavy atom. The number of hydrogen-bond donors (Lipinski definition) is 1. The van der Waals surface area contributed by atoms with Crippen LogP contribution in [0.15, 0.2) is 48.8 Å². The van der Waals surface area contributed by atoms with E-state index in [1.54, 1.807) is 36.7 Å². The smallest absolute Gasteiger partial charge is 0.314 e. The third-order valence-electron chi connectivity index (χ3n) is 3.22. The molecule has 1 aromatic heterocycles. The minimum Gasteiger partial charge on any atom is -0.481 e. The summed E-state index contributed by atoms with van der Waals surface area (Å²) in [6.07, 6.45) is 3.41. The fraction of sp³-hybridized carbons (Fsp3) is 0.200. The number of aromatic nitrogens is 1. The van der Waals surface area contributed by atoms with E-state index in [4.69, 9.17) is 0 Å². The first-order valence-electron chi connectivity index (χ1n) is 5.91. The maximum Gasteiger partial charge on any atom is 0.314 e. The molecule has 1 aromatic carbocycles. The fourth-order valence-corrected chi connectivity index (χ4v) is 2.11. The maximum atomic E-state index is 13.9. The normalized spacial score (nSPS) is 13.8. The zero-order valence-electron chi connectivity index (χ0n) is 10.5. The first-order chi connectivity index (χ1) is 9.04. The van der Waals surface area contributed by atoms with Crippen molar-refractivity contribution in [3.05, 3.63) is 65.7 Å². The van der Waals surface area contributed by atoms with E-state index in [1.165, 1.54) is 19.1 Å². The summed E-state index contributed by atoms with van der Waals surface area (Å²) in [5.41, 5.74) is -0.365. The Bertz CT molecular complexity index is 586. The lowest BCUT2D eigenvalue weighted by Crippen LogP contribution is -2.35. The molecule has 0 saturated carbocycles. The van der Waals surface area contributed by atoms with Gasteiger partial charge in [0.2, 0.25) is 0 Å². The van der Waals surface area contributed by atoms with Gasteiger partial charge in [-0.3, -0.25) is 9.78 Å². The van der Waals surface area contributed by atoms with E-state index >= 15 is 0 Å². The predicted molar refractivity (Wildman–Crippen MR) is 69.3 cm³/mol. The van der Waals surface area contributed by atoms with Crippen molar-refractivity contribution in [3.8, 4) is 0 Å². The van der Waals surface area contributed by atoms with Crippen LogP contribution in [0.25, 0.3) is 0 Å². The number of carboxylic acids is 1. The molecule has 19 heavy (non-hydrogen) atoms. The van der Waals surface area contributed by atoms with E-state index in [9.17, 15) is 14.3 Å². The fourth-order valence-electron chi connectivity index (χ4n) is 2.11. The van der Waals surface area contributed by atoms with E-state index in [1.807, 2.05) is 0 Å². The van der Waals surface area contributed by atoms with Crippen molar-refractivity contribution >= 4 is 5.97 Å². The number of nitrogens with zero attached hydrogens (tertiary/aromatic N) is 1. The Morgan fingerprint density at radius 2 is 2.05 bits per heavy atom. The number of hydrogen-bond acceptors (Lipinski definition) is 2. The molecule has 0 spiro atoms. The van der Waals surface area contributed by atoms with E-state index in [0.717, 1.165) is 5.56 Å². The SMILES string of the molecule is CC(Cc1cccnc1)(C(=O)O)c1ccccc1F. The first-order valence-corrected chi connectivity index (χ1v) is 5.91. The summed E-state index contributed by atoms with van der Waals surface area (Å²) < 4.78 is 13.9. The van der Waals surface area contributed by atoms with Crippen LogP contribution in [0.5, 0.6) is 0 Å². The molecule has 1 N–H and O–H groups in total. The van der Waals surface area contributed by atoms with Crippen LogP contribution in [0.1, 0.15) is 18.1 Å². The highest BCUT2D eigenvalue weighted by Crippen LogP contribution is 2.30. The van der Waals surface area contributed by atoms with Crippen LogP contribution >= 0.6 is 0 Å². The quantitative estimate of drug-likeness (QED) is 0.918. The van der Waals surface area contributed by atoms with Crippen LogP contribution < -0.4 is 0 Å².